The van der Waals surface area contributed by atoms with E-state index in [0.29, 0.717) is 23.7 Å². The molecule has 11 heteroatoms. The Morgan fingerprint density at radius 1 is 0.971 bits per heavy atom. The van der Waals surface area contributed by atoms with Crippen molar-refractivity contribution in [1.82, 2.24) is 5.32 Å². The number of methoxy groups -OCH3 is 2. The molecule has 0 unspecified atom stereocenters. The summed E-state index contributed by atoms with van der Waals surface area (Å²) in [6, 6.07) is 8.25. The molecule has 1 aliphatic rings. The van der Waals surface area contributed by atoms with Gasteiger partial charge in [-0.1, -0.05) is 13.0 Å². The second-order valence-electron chi connectivity index (χ2n) is 7.31. The number of barbiturate groups is 1. The van der Waals surface area contributed by atoms with Crippen molar-refractivity contribution in [2.45, 2.75) is 13.3 Å². The first kappa shape index (κ1) is 25.1. The van der Waals surface area contributed by atoms with E-state index in [1.54, 1.807) is 12.1 Å². The van der Waals surface area contributed by atoms with Crippen LogP contribution in [0, 0.1) is 0 Å². The minimum absolute atomic E-state index is 0.194. The summed E-state index contributed by atoms with van der Waals surface area (Å²) in [4.78, 5) is 50.0. The lowest BCUT2D eigenvalue weighted by molar-refractivity contribution is -0.123. The lowest BCUT2D eigenvalue weighted by atomic mass is 10.1. The Bertz CT molecular complexity index is 1190. The summed E-state index contributed by atoms with van der Waals surface area (Å²) in [7, 11) is 2.83. The fourth-order valence-electron chi connectivity index (χ4n) is 3.23. The minimum atomic E-state index is -0.894. The third-order valence-corrected chi connectivity index (χ3v) is 4.84. The van der Waals surface area contributed by atoms with Gasteiger partial charge in [0.25, 0.3) is 17.7 Å². The smallest absolute Gasteiger partial charge is 0.335 e. The van der Waals surface area contributed by atoms with E-state index in [4.69, 9.17) is 24.7 Å². The number of anilines is 1. The zero-order valence-electron chi connectivity index (χ0n) is 19.5. The lowest BCUT2D eigenvalue weighted by Gasteiger charge is -2.27. The van der Waals surface area contributed by atoms with Gasteiger partial charge < -0.3 is 24.7 Å². The number of nitrogens with one attached hydrogen (secondary N) is 1. The number of benzene rings is 2. The number of imide groups is 2. The molecule has 0 saturated carbocycles. The summed E-state index contributed by atoms with van der Waals surface area (Å²) < 4.78 is 21.5. The van der Waals surface area contributed by atoms with Crippen molar-refractivity contribution in [1.29, 1.82) is 0 Å². The molecule has 0 aromatic heterocycles. The second kappa shape index (κ2) is 11.1. The SMILES string of the molecule is CCCOc1ccc(N2C(=O)NC(=O)/C(=C\c3ccc(OCC(N)=O)c(OC)c3)C2=O)cc1OC. The monoisotopic (exact) mass is 483 g/mol. The molecule has 3 rings (SSSR count). The fourth-order valence-corrected chi connectivity index (χ4v) is 3.23. The molecule has 1 fully saturated rings. The van der Waals surface area contributed by atoms with Crippen LogP contribution in [0.4, 0.5) is 10.5 Å². The third-order valence-electron chi connectivity index (χ3n) is 4.84. The lowest BCUT2D eigenvalue weighted by Crippen LogP contribution is -2.54. The number of amides is 5. The van der Waals surface area contributed by atoms with Crippen LogP contribution < -0.4 is 34.9 Å². The maximum Gasteiger partial charge on any atom is 0.335 e. The molecule has 5 amide bonds. The van der Waals surface area contributed by atoms with Crippen molar-refractivity contribution < 1.29 is 38.1 Å². The van der Waals surface area contributed by atoms with Crippen LogP contribution >= 0.6 is 0 Å². The Hall–Kier alpha value is -4.54. The zero-order valence-corrected chi connectivity index (χ0v) is 19.5. The van der Waals surface area contributed by atoms with E-state index in [2.05, 4.69) is 5.32 Å². The number of rotatable bonds is 10. The molecule has 1 heterocycles. The molecule has 0 spiro atoms. The van der Waals surface area contributed by atoms with Gasteiger partial charge in [0.2, 0.25) is 0 Å². The number of nitrogens with two attached hydrogens (primary N) is 1. The van der Waals surface area contributed by atoms with E-state index >= 15 is 0 Å². The average Bonchev–Trinajstić information content (AvgIpc) is 2.84. The molecule has 0 atom stereocenters. The van der Waals surface area contributed by atoms with E-state index < -0.39 is 23.8 Å². The Kier molecular flexibility index (Phi) is 7.92. The summed E-state index contributed by atoms with van der Waals surface area (Å²) in [6.07, 6.45) is 2.10. The topological polar surface area (TPSA) is 146 Å². The van der Waals surface area contributed by atoms with Crippen molar-refractivity contribution in [3.05, 3.63) is 47.5 Å². The van der Waals surface area contributed by atoms with Gasteiger partial charge in [0.1, 0.15) is 5.57 Å². The molecule has 1 saturated heterocycles. The number of carbonyl (C=O) groups excluding carboxylic acids is 4. The van der Waals surface area contributed by atoms with E-state index in [1.165, 1.54) is 44.6 Å². The number of hydrogen-bond donors (Lipinski definition) is 2. The van der Waals surface area contributed by atoms with E-state index in [1.807, 2.05) is 6.92 Å². The average molecular weight is 483 g/mol. The van der Waals surface area contributed by atoms with Crippen molar-refractivity contribution in [2.24, 2.45) is 5.73 Å². The van der Waals surface area contributed by atoms with Gasteiger partial charge in [0, 0.05) is 6.07 Å². The molecule has 3 N–H and O–H groups in total. The first-order chi connectivity index (χ1) is 16.8. The highest BCUT2D eigenvalue weighted by Crippen LogP contribution is 2.34. The maximum absolute atomic E-state index is 13.2. The van der Waals surface area contributed by atoms with Gasteiger partial charge in [-0.2, -0.15) is 0 Å². The largest absolute Gasteiger partial charge is 0.493 e. The number of urea groups is 1. The fraction of sp³-hybridized carbons (Fsp3) is 0.250. The van der Waals surface area contributed by atoms with Gasteiger partial charge >= 0.3 is 6.03 Å². The Labute approximate surface area is 201 Å². The number of primary amides is 1. The van der Waals surface area contributed by atoms with Crippen LogP contribution in [0.2, 0.25) is 0 Å². The number of nitrogens with zero attached hydrogens (tertiary/aromatic N) is 1. The molecule has 0 radical (unpaired) electrons. The van der Waals surface area contributed by atoms with Crippen LogP contribution in [0.1, 0.15) is 18.9 Å². The van der Waals surface area contributed by atoms with Crippen molar-refractivity contribution >= 4 is 35.5 Å². The van der Waals surface area contributed by atoms with Crippen molar-refractivity contribution in [3.63, 3.8) is 0 Å². The summed E-state index contributed by atoms with van der Waals surface area (Å²) >= 11 is 0. The van der Waals surface area contributed by atoms with Gasteiger partial charge in [-0.15, -0.1) is 0 Å². The first-order valence-electron chi connectivity index (χ1n) is 10.6. The molecule has 0 bridgehead atoms. The summed E-state index contributed by atoms with van der Waals surface area (Å²) in [5, 5.41) is 2.17. The number of carbonyl (C=O) groups is 4. The van der Waals surface area contributed by atoms with Gasteiger partial charge in [0.15, 0.2) is 29.6 Å². The van der Waals surface area contributed by atoms with E-state index in [9.17, 15) is 19.2 Å². The van der Waals surface area contributed by atoms with Crippen LogP contribution in [0.15, 0.2) is 42.0 Å². The molecule has 184 valence electrons. The Morgan fingerprint density at radius 3 is 2.29 bits per heavy atom. The zero-order chi connectivity index (χ0) is 25.5. The quantitative estimate of drug-likeness (QED) is 0.385. The Morgan fingerprint density at radius 2 is 1.63 bits per heavy atom. The Balaban J connectivity index is 1.93. The summed E-state index contributed by atoms with van der Waals surface area (Å²) in [6.45, 7) is 2.08. The number of hydrogen-bond acceptors (Lipinski definition) is 8. The summed E-state index contributed by atoms with van der Waals surface area (Å²) in [5.41, 5.74) is 5.43. The van der Waals surface area contributed by atoms with Gasteiger partial charge in [-0.05, 0) is 42.3 Å². The minimum Gasteiger partial charge on any atom is -0.493 e. The van der Waals surface area contributed by atoms with Crippen LogP contribution in [0.25, 0.3) is 6.08 Å². The standard InChI is InChI=1S/C24H25N3O8/c1-4-9-34-17-8-6-15(12-20(17)33-3)27-23(30)16(22(29)26-24(27)31)10-14-5-7-18(19(11-14)32-2)35-13-21(25)28/h5-8,10-12H,4,9,13H2,1-3H3,(H2,25,28)(H,26,29,31)/b16-10+. The van der Waals surface area contributed by atoms with Crippen LogP contribution in [-0.4, -0.2) is 51.2 Å². The highest BCUT2D eigenvalue weighted by atomic mass is 16.5. The molecule has 2 aromatic rings. The van der Waals surface area contributed by atoms with Gasteiger partial charge in [0.05, 0.1) is 26.5 Å². The van der Waals surface area contributed by atoms with Gasteiger partial charge in [-0.25, -0.2) is 9.69 Å². The van der Waals surface area contributed by atoms with Crippen LogP contribution in [0.3, 0.4) is 0 Å². The first-order valence-corrected chi connectivity index (χ1v) is 10.6. The molecule has 35 heavy (non-hydrogen) atoms. The normalized spacial score (nSPS) is 14.5. The molecule has 11 nitrogen and oxygen atoms in total. The van der Waals surface area contributed by atoms with E-state index in [-0.39, 0.29) is 29.4 Å². The highest BCUT2D eigenvalue weighted by molar-refractivity contribution is 6.39. The van der Waals surface area contributed by atoms with Crippen LogP contribution in [0.5, 0.6) is 23.0 Å². The predicted molar refractivity (Wildman–Crippen MR) is 125 cm³/mol. The highest BCUT2D eigenvalue weighted by Gasteiger charge is 2.37. The van der Waals surface area contributed by atoms with Crippen molar-refractivity contribution in [3.8, 4) is 23.0 Å². The molecular weight excluding hydrogens is 458 g/mol. The molecular formula is C24H25N3O8. The van der Waals surface area contributed by atoms with E-state index in [0.717, 1.165) is 11.3 Å². The molecule has 2 aromatic carbocycles. The molecule has 0 aliphatic carbocycles. The van der Waals surface area contributed by atoms with Gasteiger partial charge in [-0.3, -0.25) is 19.7 Å². The second-order valence-corrected chi connectivity index (χ2v) is 7.31. The maximum atomic E-state index is 13.2. The molecule has 1 aliphatic heterocycles. The number of ether oxygens (including phenoxy) is 4. The van der Waals surface area contributed by atoms with Crippen molar-refractivity contribution in [2.75, 3.05) is 32.3 Å². The summed E-state index contributed by atoms with van der Waals surface area (Å²) in [5.74, 6) is -1.04. The third kappa shape index (κ3) is 5.69. The predicted octanol–water partition coefficient (Wildman–Crippen LogP) is 2.02. The van der Waals surface area contributed by atoms with Crippen LogP contribution in [-0.2, 0) is 14.4 Å².